The molecule has 2 atom stereocenters. The van der Waals surface area contributed by atoms with Gasteiger partial charge < -0.3 is 10.4 Å². The van der Waals surface area contributed by atoms with Gasteiger partial charge in [-0.3, -0.25) is 4.79 Å². The number of phenolic OH excluding ortho intramolecular Hbond substituents is 1. The first-order chi connectivity index (χ1) is 9.11. The molecule has 5 heteroatoms. The number of nitrogens with one attached hydrogen (secondary N) is 1. The highest BCUT2D eigenvalue weighted by atomic mass is 127. The molecule has 3 nitrogen and oxygen atoms in total. The summed E-state index contributed by atoms with van der Waals surface area (Å²) in [6.45, 7) is 0. The van der Waals surface area contributed by atoms with Crippen LogP contribution in [0.15, 0.2) is 18.2 Å². The summed E-state index contributed by atoms with van der Waals surface area (Å²) in [5.41, 5.74) is 0.366. The van der Waals surface area contributed by atoms with Crippen molar-refractivity contribution in [2.24, 2.45) is 5.92 Å². The summed E-state index contributed by atoms with van der Waals surface area (Å²) >= 11 is 5.66. The van der Waals surface area contributed by atoms with E-state index in [2.05, 4.69) is 43.8 Å². The maximum Gasteiger partial charge on any atom is 0.255 e. The van der Waals surface area contributed by atoms with Crippen LogP contribution in [-0.4, -0.2) is 22.4 Å². The highest BCUT2D eigenvalue weighted by Crippen LogP contribution is 2.27. The number of rotatable bonds is 3. The zero-order chi connectivity index (χ0) is 13.8. The van der Waals surface area contributed by atoms with Gasteiger partial charge in [0, 0.05) is 14.9 Å². The third-order valence-corrected chi connectivity index (χ3v) is 5.13. The van der Waals surface area contributed by atoms with Crippen molar-refractivity contribution in [1.82, 2.24) is 5.32 Å². The Morgan fingerprint density at radius 1 is 1.42 bits per heavy atom. The third-order valence-electron chi connectivity index (χ3n) is 3.63. The largest absolute Gasteiger partial charge is 0.507 e. The molecule has 0 heterocycles. The second kappa shape index (κ2) is 6.92. The van der Waals surface area contributed by atoms with Crippen LogP contribution in [0.1, 0.15) is 36.0 Å². The average Bonchev–Trinajstić information content (AvgIpc) is 2.42. The normalized spacial score (nSPS) is 23.1. The van der Waals surface area contributed by atoms with Gasteiger partial charge in [0.25, 0.3) is 5.91 Å². The molecule has 1 aliphatic carbocycles. The summed E-state index contributed by atoms with van der Waals surface area (Å²) in [6.07, 6.45) is 4.56. The standard InChI is InChI=1S/C14H17BrINO2/c15-8-9-3-1-2-4-12(9)17-14(19)11-7-10(16)5-6-13(11)18/h5-7,9,12,18H,1-4,8H2,(H,17,19). The van der Waals surface area contributed by atoms with Crippen molar-refractivity contribution in [2.75, 3.05) is 5.33 Å². The maximum atomic E-state index is 12.3. The lowest BCUT2D eigenvalue weighted by Gasteiger charge is -2.31. The number of hydrogen-bond acceptors (Lipinski definition) is 2. The SMILES string of the molecule is O=C(NC1CCCCC1CBr)c1cc(I)ccc1O. The Morgan fingerprint density at radius 3 is 2.89 bits per heavy atom. The van der Waals surface area contributed by atoms with Crippen molar-refractivity contribution < 1.29 is 9.90 Å². The topological polar surface area (TPSA) is 49.3 Å². The number of carbonyl (C=O) groups is 1. The summed E-state index contributed by atoms with van der Waals surface area (Å²) < 4.78 is 0.946. The fourth-order valence-corrected chi connectivity index (χ4v) is 3.78. The maximum absolute atomic E-state index is 12.3. The zero-order valence-electron chi connectivity index (χ0n) is 10.5. The van der Waals surface area contributed by atoms with Crippen LogP contribution in [0.25, 0.3) is 0 Å². The Balaban J connectivity index is 2.09. The summed E-state index contributed by atoms with van der Waals surface area (Å²) in [6, 6.07) is 5.28. The first-order valence-corrected chi connectivity index (χ1v) is 8.67. The Bertz CT molecular complexity index is 467. The van der Waals surface area contributed by atoms with Gasteiger partial charge in [0.2, 0.25) is 0 Å². The van der Waals surface area contributed by atoms with Crippen LogP contribution in [0.5, 0.6) is 5.75 Å². The fraction of sp³-hybridized carbons (Fsp3) is 0.500. The lowest BCUT2D eigenvalue weighted by atomic mass is 9.86. The Morgan fingerprint density at radius 2 is 2.16 bits per heavy atom. The number of benzene rings is 1. The van der Waals surface area contributed by atoms with E-state index in [0.717, 1.165) is 28.2 Å². The zero-order valence-corrected chi connectivity index (χ0v) is 14.3. The van der Waals surface area contributed by atoms with E-state index in [1.807, 2.05) is 0 Å². The predicted molar refractivity (Wildman–Crippen MR) is 87.8 cm³/mol. The first kappa shape index (κ1) is 15.1. The molecule has 1 fully saturated rings. The van der Waals surface area contributed by atoms with Crippen molar-refractivity contribution in [1.29, 1.82) is 0 Å². The summed E-state index contributed by atoms with van der Waals surface area (Å²) in [7, 11) is 0. The Labute approximate surface area is 135 Å². The summed E-state index contributed by atoms with van der Waals surface area (Å²) in [4.78, 5) is 12.3. The highest BCUT2D eigenvalue weighted by molar-refractivity contribution is 14.1. The molecular weight excluding hydrogens is 421 g/mol. The Kier molecular flexibility index (Phi) is 5.50. The molecule has 0 bridgehead atoms. The summed E-state index contributed by atoms with van der Waals surface area (Å²) in [5, 5.41) is 13.8. The number of aromatic hydroxyl groups is 1. The molecule has 2 N–H and O–H groups in total. The van der Waals surface area contributed by atoms with E-state index < -0.39 is 0 Å². The first-order valence-electron chi connectivity index (χ1n) is 6.47. The lowest BCUT2D eigenvalue weighted by molar-refractivity contribution is 0.0909. The molecule has 2 unspecified atom stereocenters. The van der Waals surface area contributed by atoms with Gasteiger partial charge in [0.15, 0.2) is 0 Å². The van der Waals surface area contributed by atoms with Gasteiger partial charge in [0.1, 0.15) is 5.75 Å². The molecule has 1 aromatic rings. The number of phenols is 1. The molecule has 0 radical (unpaired) electrons. The summed E-state index contributed by atoms with van der Waals surface area (Å²) in [5.74, 6) is 0.362. The molecule has 0 spiro atoms. The van der Waals surface area contributed by atoms with Gasteiger partial charge in [-0.1, -0.05) is 28.8 Å². The minimum absolute atomic E-state index is 0.0455. The lowest BCUT2D eigenvalue weighted by Crippen LogP contribution is -2.42. The molecule has 1 aliphatic rings. The molecule has 104 valence electrons. The van der Waals surface area contributed by atoms with E-state index in [0.29, 0.717) is 11.5 Å². The van der Waals surface area contributed by atoms with Crippen molar-refractivity contribution in [3.8, 4) is 5.75 Å². The van der Waals surface area contributed by atoms with E-state index >= 15 is 0 Å². The number of hydrogen-bond donors (Lipinski definition) is 2. The van der Waals surface area contributed by atoms with Crippen molar-refractivity contribution in [2.45, 2.75) is 31.7 Å². The highest BCUT2D eigenvalue weighted by Gasteiger charge is 2.26. The Hall–Kier alpha value is -0.300. The second-order valence-electron chi connectivity index (χ2n) is 4.94. The van der Waals surface area contributed by atoms with Gasteiger partial charge in [0.05, 0.1) is 5.56 Å². The number of alkyl halides is 1. The average molecular weight is 438 g/mol. The molecule has 1 amide bonds. The van der Waals surface area contributed by atoms with Crippen LogP contribution in [0, 0.1) is 9.49 Å². The number of carbonyl (C=O) groups excluding carboxylic acids is 1. The monoisotopic (exact) mass is 437 g/mol. The fourth-order valence-electron chi connectivity index (χ4n) is 2.52. The smallest absolute Gasteiger partial charge is 0.255 e. The number of amides is 1. The van der Waals surface area contributed by atoms with Crippen molar-refractivity contribution in [3.05, 3.63) is 27.3 Å². The predicted octanol–water partition coefficient (Wildman–Crippen LogP) is 3.68. The van der Waals surface area contributed by atoms with Crippen LogP contribution in [0.2, 0.25) is 0 Å². The molecule has 19 heavy (non-hydrogen) atoms. The van der Waals surface area contributed by atoms with Gasteiger partial charge in [-0.25, -0.2) is 0 Å². The second-order valence-corrected chi connectivity index (χ2v) is 6.83. The van der Waals surface area contributed by atoms with E-state index in [1.165, 1.54) is 6.42 Å². The van der Waals surface area contributed by atoms with Crippen molar-refractivity contribution in [3.63, 3.8) is 0 Å². The molecule has 1 aromatic carbocycles. The van der Waals surface area contributed by atoms with Gasteiger partial charge >= 0.3 is 0 Å². The minimum Gasteiger partial charge on any atom is -0.507 e. The van der Waals surface area contributed by atoms with Crippen LogP contribution in [-0.2, 0) is 0 Å². The molecule has 0 aliphatic heterocycles. The van der Waals surface area contributed by atoms with Crippen LogP contribution in [0.4, 0.5) is 0 Å². The van der Waals surface area contributed by atoms with E-state index in [9.17, 15) is 9.90 Å². The van der Waals surface area contributed by atoms with E-state index in [-0.39, 0.29) is 17.7 Å². The molecule has 0 aromatic heterocycles. The van der Waals surface area contributed by atoms with Crippen LogP contribution >= 0.6 is 38.5 Å². The molecule has 2 rings (SSSR count). The van der Waals surface area contributed by atoms with Crippen molar-refractivity contribution >= 4 is 44.4 Å². The van der Waals surface area contributed by atoms with Gasteiger partial charge in [-0.15, -0.1) is 0 Å². The molecular formula is C14H17BrINO2. The minimum atomic E-state index is -0.172. The van der Waals surface area contributed by atoms with Crippen LogP contribution < -0.4 is 5.32 Å². The van der Waals surface area contributed by atoms with E-state index in [4.69, 9.17) is 0 Å². The van der Waals surface area contributed by atoms with Gasteiger partial charge in [-0.2, -0.15) is 0 Å². The quantitative estimate of drug-likeness (QED) is 0.559. The van der Waals surface area contributed by atoms with E-state index in [1.54, 1.807) is 18.2 Å². The van der Waals surface area contributed by atoms with Gasteiger partial charge in [-0.05, 0) is 59.5 Å². The molecule has 0 saturated heterocycles. The molecule has 1 saturated carbocycles. The third kappa shape index (κ3) is 3.84. The number of halogens is 2. The van der Waals surface area contributed by atoms with Crippen LogP contribution in [0.3, 0.4) is 0 Å².